The van der Waals surface area contributed by atoms with E-state index in [1.165, 1.54) is 449 Å². The lowest BCUT2D eigenvalue weighted by atomic mass is 10.0. The Kier molecular flexibility index (Phi) is 82.3. The Labute approximate surface area is 585 Å². The topological polar surface area (TPSA) is 95.9 Å². The maximum atomic E-state index is 12.6. The van der Waals surface area contributed by atoms with Gasteiger partial charge < -0.3 is 20.3 Å². The third-order valence-corrected chi connectivity index (χ3v) is 21.2. The van der Waals surface area contributed by atoms with Gasteiger partial charge in [-0.05, 0) is 25.7 Å². The number of hydrogen-bond donors (Lipinski definition) is 3. The highest BCUT2D eigenvalue weighted by Gasteiger charge is 2.20. The van der Waals surface area contributed by atoms with Crippen LogP contribution in [-0.4, -0.2) is 47.4 Å². The van der Waals surface area contributed by atoms with Crippen molar-refractivity contribution in [2.75, 3.05) is 13.2 Å². The Bertz CT molecular complexity index is 1370. The van der Waals surface area contributed by atoms with Crippen molar-refractivity contribution in [3.8, 4) is 0 Å². The highest BCUT2D eigenvalue weighted by molar-refractivity contribution is 5.76. The molecule has 6 heteroatoms. The molecule has 0 bridgehead atoms. The predicted molar refractivity (Wildman–Crippen MR) is 412 cm³/mol. The lowest BCUT2D eigenvalue weighted by molar-refractivity contribution is -0.143. The highest BCUT2D eigenvalue weighted by atomic mass is 16.5. The van der Waals surface area contributed by atoms with Gasteiger partial charge >= 0.3 is 5.97 Å². The molecule has 0 aromatic carbocycles. The first-order chi connectivity index (χ1) is 46.0. The van der Waals surface area contributed by atoms with Crippen LogP contribution < -0.4 is 5.32 Å². The van der Waals surface area contributed by atoms with Crippen LogP contribution in [0.5, 0.6) is 0 Å². The van der Waals surface area contributed by atoms with Gasteiger partial charge in [0.2, 0.25) is 5.91 Å². The van der Waals surface area contributed by atoms with Crippen molar-refractivity contribution in [2.45, 2.75) is 533 Å². The summed E-state index contributed by atoms with van der Waals surface area (Å²) in [7, 11) is 0. The first-order valence-corrected chi connectivity index (χ1v) is 43.8. The lowest BCUT2D eigenvalue weighted by Gasteiger charge is -2.22. The van der Waals surface area contributed by atoms with Crippen molar-refractivity contribution in [3.05, 3.63) is 0 Å². The summed E-state index contributed by atoms with van der Waals surface area (Å²) in [5.74, 6) is 0.00580. The average molecular weight is 1310 g/mol. The second-order valence-electron chi connectivity index (χ2n) is 30.6. The number of ether oxygens (including phenoxy) is 1. The predicted octanol–water partition coefficient (Wildman–Crippen LogP) is 29.2. The van der Waals surface area contributed by atoms with Gasteiger partial charge in [0, 0.05) is 12.8 Å². The molecule has 0 spiro atoms. The summed E-state index contributed by atoms with van der Waals surface area (Å²) in [6, 6.07) is -0.538. The average Bonchev–Trinajstić information content (AvgIpc) is 3.78. The Morgan fingerprint density at radius 1 is 0.258 bits per heavy atom. The van der Waals surface area contributed by atoms with Crippen LogP contribution in [-0.2, 0) is 14.3 Å². The number of nitrogens with one attached hydrogen (secondary N) is 1. The molecule has 6 nitrogen and oxygen atoms in total. The Morgan fingerprint density at radius 2 is 0.441 bits per heavy atom. The fourth-order valence-corrected chi connectivity index (χ4v) is 14.5. The Balaban J connectivity index is 3.30. The van der Waals surface area contributed by atoms with E-state index in [2.05, 4.69) is 19.2 Å². The quantitative estimate of drug-likeness (QED) is 0.0417. The number of carbonyl (C=O) groups is 2. The van der Waals surface area contributed by atoms with E-state index in [9.17, 15) is 19.8 Å². The van der Waals surface area contributed by atoms with Crippen LogP contribution in [0.25, 0.3) is 0 Å². The summed E-state index contributed by atoms with van der Waals surface area (Å²) in [4.78, 5) is 24.7. The van der Waals surface area contributed by atoms with E-state index in [0.29, 0.717) is 25.9 Å². The maximum Gasteiger partial charge on any atom is 0.305 e. The molecule has 0 rings (SSSR count). The molecule has 0 radical (unpaired) electrons. The number of unbranched alkanes of at least 4 members (excludes halogenated alkanes) is 73. The van der Waals surface area contributed by atoms with E-state index < -0.39 is 12.1 Å². The van der Waals surface area contributed by atoms with Gasteiger partial charge in [0.25, 0.3) is 0 Å². The summed E-state index contributed by atoms with van der Waals surface area (Å²) in [5.41, 5.74) is 0. The van der Waals surface area contributed by atoms with Gasteiger partial charge in [-0.25, -0.2) is 0 Å². The SMILES string of the molecule is CCCCCCCCCCCCCCCCCCCCCCCCCCC(O)C(CO)NC(=O)CCCCCCCCCCCCCCCCCCCCCCCCCCCCCCCCCCCCCOC(=O)CCCCCCCCCCCCCCCCCCC. The monoisotopic (exact) mass is 1310 g/mol. The van der Waals surface area contributed by atoms with Crippen molar-refractivity contribution < 1.29 is 24.5 Å². The van der Waals surface area contributed by atoms with Gasteiger partial charge in [0.05, 0.1) is 25.4 Å². The van der Waals surface area contributed by atoms with Crippen LogP contribution >= 0.6 is 0 Å². The minimum atomic E-state index is -0.661. The number of aliphatic hydroxyl groups excluding tert-OH is 2. The summed E-state index contributed by atoms with van der Waals surface area (Å²) in [5, 5.41) is 23.5. The smallest absolute Gasteiger partial charge is 0.305 e. The van der Waals surface area contributed by atoms with E-state index in [1.807, 2.05) is 0 Å². The van der Waals surface area contributed by atoms with Gasteiger partial charge in [0.1, 0.15) is 0 Å². The number of carbonyl (C=O) groups excluding carboxylic acids is 2. The van der Waals surface area contributed by atoms with Crippen molar-refractivity contribution in [1.29, 1.82) is 0 Å². The molecule has 0 aliphatic carbocycles. The third-order valence-electron chi connectivity index (χ3n) is 21.2. The molecule has 93 heavy (non-hydrogen) atoms. The van der Waals surface area contributed by atoms with Crippen molar-refractivity contribution in [2.24, 2.45) is 0 Å². The number of esters is 1. The van der Waals surface area contributed by atoms with Crippen LogP contribution in [0.15, 0.2) is 0 Å². The van der Waals surface area contributed by atoms with Gasteiger partial charge in [0.15, 0.2) is 0 Å². The normalized spacial score (nSPS) is 12.3. The first kappa shape index (κ1) is 91.9. The fraction of sp³-hybridized carbons (Fsp3) is 0.977. The molecule has 0 aromatic rings. The summed E-state index contributed by atoms with van der Waals surface area (Å²) in [6.45, 7) is 5.03. The van der Waals surface area contributed by atoms with E-state index in [0.717, 1.165) is 38.5 Å². The molecular weight excluding hydrogens is 1140 g/mol. The molecule has 0 aliphatic heterocycles. The van der Waals surface area contributed by atoms with Crippen LogP contribution in [0.3, 0.4) is 0 Å². The van der Waals surface area contributed by atoms with Crippen molar-refractivity contribution >= 4 is 11.9 Å². The van der Waals surface area contributed by atoms with Gasteiger partial charge in [-0.2, -0.15) is 0 Å². The molecule has 0 saturated heterocycles. The third kappa shape index (κ3) is 79.7. The van der Waals surface area contributed by atoms with Crippen LogP contribution in [0.4, 0.5) is 0 Å². The lowest BCUT2D eigenvalue weighted by Crippen LogP contribution is -2.45. The fourth-order valence-electron chi connectivity index (χ4n) is 14.5. The van der Waals surface area contributed by atoms with Crippen LogP contribution in [0, 0.1) is 0 Å². The van der Waals surface area contributed by atoms with E-state index in [1.54, 1.807) is 0 Å². The van der Waals surface area contributed by atoms with Gasteiger partial charge in [-0.1, -0.05) is 483 Å². The summed E-state index contributed by atoms with van der Waals surface area (Å²) >= 11 is 0. The maximum absolute atomic E-state index is 12.6. The Morgan fingerprint density at radius 3 is 0.656 bits per heavy atom. The van der Waals surface area contributed by atoms with Crippen molar-refractivity contribution in [1.82, 2.24) is 5.32 Å². The van der Waals surface area contributed by atoms with Crippen LogP contribution in [0.1, 0.15) is 521 Å². The van der Waals surface area contributed by atoms with E-state index in [4.69, 9.17) is 4.74 Å². The van der Waals surface area contributed by atoms with Gasteiger partial charge in [-0.15, -0.1) is 0 Å². The molecule has 3 N–H and O–H groups in total. The van der Waals surface area contributed by atoms with Gasteiger partial charge in [-0.3, -0.25) is 9.59 Å². The second kappa shape index (κ2) is 83.3. The number of hydrogen-bond acceptors (Lipinski definition) is 5. The molecule has 1 amide bonds. The number of amides is 1. The zero-order valence-corrected chi connectivity index (χ0v) is 64.0. The molecule has 0 aliphatic rings. The highest BCUT2D eigenvalue weighted by Crippen LogP contribution is 2.22. The minimum absolute atomic E-state index is 0.0226. The molecule has 0 heterocycles. The van der Waals surface area contributed by atoms with E-state index in [-0.39, 0.29) is 18.5 Å². The molecule has 0 aromatic heterocycles. The van der Waals surface area contributed by atoms with E-state index >= 15 is 0 Å². The Hall–Kier alpha value is -1.14. The van der Waals surface area contributed by atoms with Crippen LogP contribution in [0.2, 0.25) is 0 Å². The number of aliphatic hydroxyl groups is 2. The molecule has 2 unspecified atom stereocenters. The summed E-state index contributed by atoms with van der Waals surface area (Å²) in [6.07, 6.45) is 105. The number of rotatable bonds is 84. The second-order valence-corrected chi connectivity index (χ2v) is 30.6. The standard InChI is InChI=1S/C87H173NO5/c1-3-5-7-9-11-13-15-17-19-21-22-23-24-38-41-44-48-51-55-59-63-67-71-75-79-85(90)84(83-89)88-86(91)80-76-72-68-64-60-56-52-49-45-42-39-36-34-32-30-28-26-25-27-29-31-33-35-37-40-43-46-50-54-58-62-66-70-74-78-82-93-87(92)81-77-73-69-65-61-57-53-47-20-18-16-14-12-10-8-6-4-2/h84-85,89-90H,3-83H2,1-2H3,(H,88,91). The minimum Gasteiger partial charge on any atom is -0.466 e. The molecular formula is C87H173NO5. The first-order valence-electron chi connectivity index (χ1n) is 43.8. The zero-order valence-electron chi connectivity index (χ0n) is 64.0. The molecule has 2 atom stereocenters. The zero-order chi connectivity index (χ0) is 67.0. The largest absolute Gasteiger partial charge is 0.466 e. The molecule has 556 valence electrons. The van der Waals surface area contributed by atoms with Crippen molar-refractivity contribution in [3.63, 3.8) is 0 Å². The molecule has 0 fully saturated rings. The molecule has 0 saturated carbocycles. The summed E-state index contributed by atoms with van der Waals surface area (Å²) < 4.78 is 5.52.